The standard InChI is InChI=1S/C16H10N4O11S2/c21-16-11-3-2-10(32(26,27)28)5-8(11)6-14(33(29,30)31)15(16)18-17-12-4-1-9(19(22)23)7-13(12)20(24)25/h1-7,21H,(H,26,27,28)(H,29,30,31)/p-2. The lowest BCUT2D eigenvalue weighted by Crippen LogP contribution is -2.01. The van der Waals surface area contributed by atoms with Crippen LogP contribution in [0.1, 0.15) is 0 Å². The van der Waals surface area contributed by atoms with E-state index in [1.54, 1.807) is 0 Å². The number of hydrogen-bond acceptors (Lipinski definition) is 13. The van der Waals surface area contributed by atoms with Gasteiger partial charge in [-0.3, -0.25) is 20.2 Å². The van der Waals surface area contributed by atoms with Gasteiger partial charge in [0, 0.05) is 11.5 Å². The predicted octanol–water partition coefficient (Wildman–Crippen LogP) is 2.59. The van der Waals surface area contributed by atoms with Crippen LogP contribution in [0.4, 0.5) is 22.7 Å². The number of hydrogen-bond donors (Lipinski definition) is 1. The molecule has 0 amide bonds. The van der Waals surface area contributed by atoms with Crippen molar-refractivity contribution in [1.29, 1.82) is 0 Å². The number of nitrogens with zero attached hydrogens (tertiary/aromatic N) is 4. The molecule has 0 aliphatic carbocycles. The molecule has 0 fully saturated rings. The van der Waals surface area contributed by atoms with E-state index >= 15 is 0 Å². The molecule has 172 valence electrons. The summed E-state index contributed by atoms with van der Waals surface area (Å²) in [6, 6.07) is 5.41. The summed E-state index contributed by atoms with van der Waals surface area (Å²) in [5.74, 6) is -0.954. The summed E-state index contributed by atoms with van der Waals surface area (Å²) >= 11 is 0. The number of aromatic hydroxyl groups is 1. The van der Waals surface area contributed by atoms with E-state index in [-0.39, 0.29) is 10.8 Å². The molecule has 0 aliphatic heterocycles. The predicted molar refractivity (Wildman–Crippen MR) is 105 cm³/mol. The minimum Gasteiger partial charge on any atom is -0.744 e. The van der Waals surface area contributed by atoms with Gasteiger partial charge >= 0.3 is 5.69 Å². The highest BCUT2D eigenvalue weighted by Gasteiger charge is 2.22. The van der Waals surface area contributed by atoms with Crippen LogP contribution >= 0.6 is 0 Å². The van der Waals surface area contributed by atoms with Gasteiger partial charge in [0.2, 0.25) is 0 Å². The Morgan fingerprint density at radius 1 is 0.818 bits per heavy atom. The molecule has 0 saturated carbocycles. The number of non-ortho nitro benzene ring substituents is 1. The molecule has 0 heterocycles. The molecule has 17 heteroatoms. The smallest absolute Gasteiger partial charge is 0.303 e. The lowest BCUT2D eigenvalue weighted by atomic mass is 10.1. The number of fused-ring (bicyclic) bond motifs is 1. The van der Waals surface area contributed by atoms with Crippen molar-refractivity contribution in [3.05, 3.63) is 62.7 Å². The van der Waals surface area contributed by atoms with Gasteiger partial charge in [0.05, 0.1) is 25.7 Å². The fourth-order valence-electron chi connectivity index (χ4n) is 2.73. The van der Waals surface area contributed by atoms with Crippen LogP contribution in [0.5, 0.6) is 5.75 Å². The molecule has 0 aliphatic rings. The largest absolute Gasteiger partial charge is 0.744 e. The van der Waals surface area contributed by atoms with E-state index in [0.29, 0.717) is 12.1 Å². The maximum atomic E-state index is 11.7. The lowest BCUT2D eigenvalue weighted by molar-refractivity contribution is -0.393. The summed E-state index contributed by atoms with van der Waals surface area (Å²) in [6.07, 6.45) is 0. The van der Waals surface area contributed by atoms with Gasteiger partial charge in [-0.1, -0.05) is 0 Å². The minimum atomic E-state index is -5.36. The quantitative estimate of drug-likeness (QED) is 0.225. The molecular formula is C16H8N4O11S2-2. The van der Waals surface area contributed by atoms with E-state index in [0.717, 1.165) is 30.3 Å². The minimum absolute atomic E-state index is 0.220. The zero-order valence-electron chi connectivity index (χ0n) is 15.7. The van der Waals surface area contributed by atoms with Crippen molar-refractivity contribution < 1.29 is 40.9 Å². The molecule has 1 N–H and O–H groups in total. The van der Waals surface area contributed by atoms with Crippen molar-refractivity contribution in [2.75, 3.05) is 0 Å². The normalized spacial score (nSPS) is 12.3. The van der Waals surface area contributed by atoms with E-state index in [9.17, 15) is 51.3 Å². The Kier molecular flexibility index (Phi) is 5.81. The molecule has 3 aromatic carbocycles. The van der Waals surface area contributed by atoms with Crippen molar-refractivity contribution in [2.45, 2.75) is 9.79 Å². The topological polar surface area (TPSA) is 246 Å². The van der Waals surface area contributed by atoms with Crippen LogP contribution in [0.15, 0.2) is 62.5 Å². The van der Waals surface area contributed by atoms with Gasteiger partial charge in [0.1, 0.15) is 25.9 Å². The van der Waals surface area contributed by atoms with Gasteiger partial charge in [-0.15, -0.1) is 10.2 Å². The van der Waals surface area contributed by atoms with Crippen molar-refractivity contribution in [1.82, 2.24) is 0 Å². The van der Waals surface area contributed by atoms with Crippen molar-refractivity contribution in [3.8, 4) is 5.75 Å². The van der Waals surface area contributed by atoms with E-state index in [1.807, 2.05) is 0 Å². The van der Waals surface area contributed by atoms with Gasteiger partial charge < -0.3 is 14.2 Å². The van der Waals surface area contributed by atoms with Gasteiger partial charge in [0.25, 0.3) is 5.69 Å². The molecule has 0 saturated heterocycles. The Morgan fingerprint density at radius 3 is 2.03 bits per heavy atom. The Bertz CT molecular complexity index is 1580. The molecule has 0 radical (unpaired) electrons. The average Bonchev–Trinajstić information content (AvgIpc) is 2.70. The number of rotatable bonds is 6. The summed E-state index contributed by atoms with van der Waals surface area (Å²) in [6.45, 7) is 0. The molecule has 0 unspecified atom stereocenters. The Morgan fingerprint density at radius 2 is 1.48 bits per heavy atom. The number of nitro groups is 2. The first kappa shape index (κ1) is 23.6. The number of benzene rings is 3. The number of phenols is 1. The third-order valence-electron chi connectivity index (χ3n) is 4.20. The van der Waals surface area contributed by atoms with Gasteiger partial charge in [0.15, 0.2) is 11.4 Å². The van der Waals surface area contributed by atoms with Crippen LogP contribution in [0.25, 0.3) is 10.8 Å². The number of azo groups is 1. The third-order valence-corrected chi connectivity index (χ3v) is 5.89. The van der Waals surface area contributed by atoms with Crippen molar-refractivity contribution >= 4 is 53.8 Å². The average molecular weight is 496 g/mol. The fourth-order valence-corrected chi connectivity index (χ4v) is 3.88. The Labute approximate surface area is 183 Å². The van der Waals surface area contributed by atoms with E-state index in [4.69, 9.17) is 0 Å². The monoisotopic (exact) mass is 496 g/mol. The first-order valence-corrected chi connectivity index (χ1v) is 11.1. The first-order valence-electron chi connectivity index (χ1n) is 8.26. The van der Waals surface area contributed by atoms with E-state index < -0.39 is 68.4 Å². The summed E-state index contributed by atoms with van der Waals surface area (Å²) in [4.78, 5) is 18.2. The third kappa shape index (κ3) is 4.75. The molecule has 0 spiro atoms. The van der Waals surface area contributed by atoms with Crippen LogP contribution in [-0.2, 0) is 20.2 Å². The molecule has 15 nitrogen and oxygen atoms in total. The van der Waals surface area contributed by atoms with Crippen molar-refractivity contribution in [3.63, 3.8) is 0 Å². The summed E-state index contributed by atoms with van der Waals surface area (Å²) in [7, 11) is -10.3. The summed E-state index contributed by atoms with van der Waals surface area (Å²) in [5, 5.41) is 38.8. The Balaban J connectivity index is 2.27. The molecule has 3 rings (SSSR count). The van der Waals surface area contributed by atoms with E-state index in [2.05, 4.69) is 10.2 Å². The van der Waals surface area contributed by atoms with E-state index in [1.165, 1.54) is 0 Å². The van der Waals surface area contributed by atoms with Crippen LogP contribution in [0.2, 0.25) is 0 Å². The molecule has 0 atom stereocenters. The fraction of sp³-hybridized carbons (Fsp3) is 0. The van der Waals surface area contributed by atoms with Crippen molar-refractivity contribution in [2.24, 2.45) is 10.2 Å². The second kappa shape index (κ2) is 8.13. The molecule has 0 bridgehead atoms. The maximum Gasteiger partial charge on any atom is 0.303 e. The summed E-state index contributed by atoms with van der Waals surface area (Å²) < 4.78 is 68.7. The van der Waals surface area contributed by atoms with Gasteiger partial charge in [-0.25, -0.2) is 16.8 Å². The molecule has 0 aromatic heterocycles. The number of phenolic OH excluding ortho intramolecular Hbond substituents is 1. The number of nitro benzene ring substituents is 2. The van der Waals surface area contributed by atoms with Gasteiger partial charge in [-0.05, 0) is 35.7 Å². The second-order valence-electron chi connectivity index (χ2n) is 6.25. The first-order chi connectivity index (χ1) is 15.2. The van der Waals surface area contributed by atoms with Crippen LogP contribution < -0.4 is 0 Å². The highest BCUT2D eigenvalue weighted by Crippen LogP contribution is 2.42. The lowest BCUT2D eigenvalue weighted by Gasteiger charge is -2.14. The summed E-state index contributed by atoms with van der Waals surface area (Å²) in [5.41, 5.74) is -3.00. The Hall–Kier alpha value is -4.06. The van der Waals surface area contributed by atoms with Crippen LogP contribution in [0.3, 0.4) is 0 Å². The highest BCUT2D eigenvalue weighted by molar-refractivity contribution is 7.86. The molecule has 33 heavy (non-hydrogen) atoms. The zero-order chi connectivity index (χ0) is 24.7. The van der Waals surface area contributed by atoms with Crippen LogP contribution in [-0.4, -0.2) is 40.9 Å². The highest BCUT2D eigenvalue weighted by atomic mass is 32.2. The SMILES string of the molecule is O=[N+]([O-])c1ccc(N=Nc2c(S(=O)(=O)[O-])cc3cc(S(=O)(=O)[O-])ccc3c2O)c([N+](=O)[O-])c1. The zero-order valence-corrected chi connectivity index (χ0v) is 17.3. The molecule has 3 aromatic rings. The van der Waals surface area contributed by atoms with Gasteiger partial charge in [-0.2, -0.15) is 0 Å². The van der Waals surface area contributed by atoms with Crippen LogP contribution in [0, 0.1) is 20.2 Å². The maximum absolute atomic E-state index is 11.7. The second-order valence-corrected chi connectivity index (χ2v) is 8.98. The molecular weight excluding hydrogens is 488 g/mol.